The van der Waals surface area contributed by atoms with Gasteiger partial charge in [0.15, 0.2) is 9.84 Å². The van der Waals surface area contributed by atoms with Crippen molar-refractivity contribution in [3.8, 4) is 0 Å². The van der Waals surface area contributed by atoms with Crippen LogP contribution in [0, 0.1) is 6.92 Å². The summed E-state index contributed by atoms with van der Waals surface area (Å²) in [7, 11) is -3.46. The normalized spacial score (nSPS) is 29.8. The molecule has 7 heteroatoms. The molecule has 2 N–H and O–H groups in total. The largest absolute Gasteiger partial charge is 0.386 e. The minimum absolute atomic E-state index is 0.0354. The Labute approximate surface area is 181 Å². The highest BCUT2D eigenvalue weighted by Gasteiger charge is 2.48. The van der Waals surface area contributed by atoms with Crippen LogP contribution in [-0.2, 0) is 9.84 Å². The number of hydrogen-bond donors (Lipinski definition) is 1. The van der Waals surface area contributed by atoms with E-state index in [-0.39, 0.29) is 17.5 Å². The van der Waals surface area contributed by atoms with Gasteiger partial charge in [0, 0.05) is 15.5 Å². The maximum absolute atomic E-state index is 13.4. The molecular formula is C23H27FN2O2S2. The van der Waals surface area contributed by atoms with E-state index in [0.717, 1.165) is 26.1 Å². The van der Waals surface area contributed by atoms with Crippen LogP contribution in [-0.4, -0.2) is 36.5 Å². The van der Waals surface area contributed by atoms with Crippen molar-refractivity contribution in [1.82, 2.24) is 0 Å². The molecule has 2 heterocycles. The number of nitrogens with two attached hydrogens (primary N) is 1. The molecular weight excluding hydrogens is 419 g/mol. The Morgan fingerprint density at radius 3 is 2.63 bits per heavy atom. The molecule has 1 saturated carbocycles. The van der Waals surface area contributed by atoms with E-state index in [1.165, 1.54) is 0 Å². The number of rotatable bonds is 4. The number of benzene rings is 1. The first kappa shape index (κ1) is 21.2. The number of halogens is 1. The van der Waals surface area contributed by atoms with Crippen LogP contribution in [0.2, 0.25) is 0 Å². The number of nitrogens with zero attached hydrogens (tertiary/aromatic N) is 1. The Kier molecular flexibility index (Phi) is 4.78. The fourth-order valence-electron chi connectivity index (χ4n) is 3.82. The first-order valence-corrected chi connectivity index (χ1v) is 12.5. The maximum Gasteiger partial charge on any atom is 0.165 e. The molecule has 1 aliphatic heterocycles. The number of fused-ring (bicyclic) bond motifs is 1. The van der Waals surface area contributed by atoms with Crippen molar-refractivity contribution < 1.29 is 12.8 Å². The molecule has 30 heavy (non-hydrogen) atoms. The third-order valence-corrected chi connectivity index (χ3v) is 10.4. The van der Waals surface area contributed by atoms with Crippen LogP contribution >= 0.6 is 11.3 Å². The standard InChI is InChI=1S/C23H27FN2O2S2/c1-13(23(5)12-30(27,28)22(3,4)21(25)26-23)6-8-19-14(2)16-10-15(17-11-18(17)24)7-9-20(16)29-19/h6-10,17-18H,1,11-12H2,2-5H3,(H2,25,26)/b8-6-/t17?,18?,23-/m0/s1. The molecule has 0 amide bonds. The summed E-state index contributed by atoms with van der Waals surface area (Å²) in [6, 6.07) is 6.17. The summed E-state index contributed by atoms with van der Waals surface area (Å²) >= 11 is 1.65. The van der Waals surface area contributed by atoms with E-state index in [2.05, 4.69) is 30.6 Å². The average molecular weight is 447 g/mol. The third-order valence-electron chi connectivity index (χ3n) is 6.50. The molecule has 0 saturated heterocycles. The highest BCUT2D eigenvalue weighted by molar-refractivity contribution is 7.93. The smallest absolute Gasteiger partial charge is 0.165 e. The predicted molar refractivity (Wildman–Crippen MR) is 125 cm³/mol. The van der Waals surface area contributed by atoms with Crippen LogP contribution in [0.5, 0.6) is 0 Å². The molecule has 2 aromatic rings. The molecule has 3 atom stereocenters. The molecule has 0 spiro atoms. The van der Waals surface area contributed by atoms with Gasteiger partial charge in [-0.3, -0.25) is 4.99 Å². The number of sulfone groups is 1. The number of alkyl halides is 1. The number of thiophene rings is 1. The van der Waals surface area contributed by atoms with Gasteiger partial charge in [-0.25, -0.2) is 12.8 Å². The first-order chi connectivity index (χ1) is 13.9. The van der Waals surface area contributed by atoms with E-state index >= 15 is 0 Å². The minimum Gasteiger partial charge on any atom is -0.386 e. The number of amidine groups is 1. The van der Waals surface area contributed by atoms with Crippen LogP contribution in [0.15, 0.2) is 41.4 Å². The van der Waals surface area contributed by atoms with E-state index in [4.69, 9.17) is 5.73 Å². The summed E-state index contributed by atoms with van der Waals surface area (Å²) in [4.78, 5) is 5.58. The minimum atomic E-state index is -3.46. The second-order valence-corrected chi connectivity index (χ2v) is 12.7. The van der Waals surface area contributed by atoms with Crippen LogP contribution in [0.1, 0.15) is 49.1 Å². The molecule has 0 radical (unpaired) electrons. The third kappa shape index (κ3) is 3.32. The molecule has 2 unspecified atom stereocenters. The van der Waals surface area contributed by atoms with Gasteiger partial charge in [-0.05, 0) is 74.4 Å². The van der Waals surface area contributed by atoms with E-state index in [1.54, 1.807) is 32.1 Å². The summed E-state index contributed by atoms with van der Waals surface area (Å²) in [5, 5.41) is 1.14. The Morgan fingerprint density at radius 2 is 2.03 bits per heavy atom. The van der Waals surface area contributed by atoms with Gasteiger partial charge >= 0.3 is 0 Å². The van der Waals surface area contributed by atoms with Gasteiger partial charge in [-0.15, -0.1) is 11.3 Å². The topological polar surface area (TPSA) is 72.5 Å². The quantitative estimate of drug-likeness (QED) is 0.677. The Morgan fingerprint density at radius 1 is 1.37 bits per heavy atom. The highest BCUT2D eigenvalue weighted by atomic mass is 32.2. The average Bonchev–Trinajstić information content (AvgIpc) is 3.30. The van der Waals surface area contributed by atoms with Crippen molar-refractivity contribution in [2.75, 3.05) is 5.75 Å². The lowest BCUT2D eigenvalue weighted by Gasteiger charge is -2.38. The second-order valence-electron chi connectivity index (χ2n) is 9.10. The fourth-order valence-corrected chi connectivity index (χ4v) is 6.63. The van der Waals surface area contributed by atoms with Crippen molar-refractivity contribution in [2.24, 2.45) is 10.7 Å². The molecule has 0 bridgehead atoms. The number of aliphatic imine (C=N–C) groups is 1. The Balaban J connectivity index is 1.64. The summed E-state index contributed by atoms with van der Waals surface area (Å²) in [6.45, 7) is 11.1. The van der Waals surface area contributed by atoms with Gasteiger partial charge in [-0.2, -0.15) is 0 Å². The molecule has 4 rings (SSSR count). The maximum atomic E-state index is 13.4. The van der Waals surface area contributed by atoms with Crippen LogP contribution < -0.4 is 5.73 Å². The highest BCUT2D eigenvalue weighted by Crippen LogP contribution is 2.45. The molecule has 1 aliphatic carbocycles. The van der Waals surface area contributed by atoms with Gasteiger partial charge in [-0.1, -0.05) is 18.7 Å². The van der Waals surface area contributed by atoms with E-state index in [0.29, 0.717) is 12.0 Å². The molecule has 1 aromatic carbocycles. The Hall–Kier alpha value is -1.99. The SMILES string of the molecule is C=C(/C=C\c1sc2ccc(C3CC3F)cc2c1C)[C@]1(C)CS(=O)(=O)C(C)(C)C(N)=N1. The van der Waals surface area contributed by atoms with Crippen LogP contribution in [0.25, 0.3) is 16.2 Å². The summed E-state index contributed by atoms with van der Waals surface area (Å²) in [6.07, 6.45) is 3.69. The molecule has 160 valence electrons. The summed E-state index contributed by atoms with van der Waals surface area (Å²) < 4.78 is 38.9. The number of hydrogen-bond acceptors (Lipinski definition) is 5. The zero-order chi connectivity index (χ0) is 22.1. The van der Waals surface area contributed by atoms with Crippen molar-refractivity contribution in [3.05, 3.63) is 52.4 Å². The molecule has 1 aromatic heterocycles. The van der Waals surface area contributed by atoms with Crippen LogP contribution in [0.4, 0.5) is 4.39 Å². The zero-order valence-electron chi connectivity index (χ0n) is 17.7. The zero-order valence-corrected chi connectivity index (χ0v) is 19.3. The van der Waals surface area contributed by atoms with Gasteiger partial charge in [0.2, 0.25) is 0 Å². The molecule has 4 nitrogen and oxygen atoms in total. The lowest BCUT2D eigenvalue weighted by Crippen LogP contribution is -2.56. The van der Waals surface area contributed by atoms with E-state index < -0.39 is 26.3 Å². The van der Waals surface area contributed by atoms with E-state index in [9.17, 15) is 12.8 Å². The van der Waals surface area contributed by atoms with Crippen molar-refractivity contribution in [2.45, 2.75) is 56.5 Å². The van der Waals surface area contributed by atoms with Crippen molar-refractivity contribution in [3.63, 3.8) is 0 Å². The Bertz CT molecular complexity index is 1220. The monoisotopic (exact) mass is 446 g/mol. The van der Waals surface area contributed by atoms with Crippen LogP contribution in [0.3, 0.4) is 0 Å². The lowest BCUT2D eigenvalue weighted by atomic mass is 9.94. The predicted octanol–water partition coefficient (Wildman–Crippen LogP) is 4.93. The molecule has 2 aliphatic rings. The van der Waals surface area contributed by atoms with Gasteiger partial charge < -0.3 is 5.73 Å². The summed E-state index contributed by atoms with van der Waals surface area (Å²) in [5.74, 6) is 0.0214. The van der Waals surface area contributed by atoms with Gasteiger partial charge in [0.25, 0.3) is 0 Å². The first-order valence-electron chi connectivity index (χ1n) is 9.98. The van der Waals surface area contributed by atoms with Crippen molar-refractivity contribution >= 4 is 43.2 Å². The second kappa shape index (κ2) is 6.76. The van der Waals surface area contributed by atoms with E-state index in [1.807, 2.05) is 18.2 Å². The lowest BCUT2D eigenvalue weighted by molar-refractivity contribution is 0.468. The van der Waals surface area contributed by atoms with Crippen molar-refractivity contribution in [1.29, 1.82) is 0 Å². The summed E-state index contributed by atoms with van der Waals surface area (Å²) in [5.41, 5.74) is 7.81. The fraction of sp³-hybridized carbons (Fsp3) is 0.435. The van der Waals surface area contributed by atoms with Gasteiger partial charge in [0.1, 0.15) is 16.8 Å². The molecule has 1 fully saturated rings. The number of aryl methyl sites for hydroxylation is 1. The van der Waals surface area contributed by atoms with Gasteiger partial charge in [0.05, 0.1) is 11.3 Å².